The van der Waals surface area contributed by atoms with Gasteiger partial charge in [-0.05, 0) is 32.8 Å². The van der Waals surface area contributed by atoms with Crippen molar-refractivity contribution in [3.8, 4) is 11.5 Å². The minimum atomic E-state index is -0.0421. The van der Waals surface area contributed by atoms with Crippen molar-refractivity contribution in [3.05, 3.63) is 12.1 Å². The van der Waals surface area contributed by atoms with Gasteiger partial charge >= 0.3 is 0 Å². The Morgan fingerprint density at radius 2 is 1.89 bits per heavy atom. The van der Waals surface area contributed by atoms with Crippen molar-refractivity contribution < 1.29 is 14.3 Å². The molecule has 1 aliphatic heterocycles. The molecule has 1 fully saturated rings. The van der Waals surface area contributed by atoms with Crippen molar-refractivity contribution in [2.75, 3.05) is 51.0 Å². The summed E-state index contributed by atoms with van der Waals surface area (Å²) in [6.07, 6.45) is 1.81. The lowest BCUT2D eigenvalue weighted by atomic mass is 9.96. The van der Waals surface area contributed by atoms with Gasteiger partial charge in [0.25, 0.3) is 0 Å². The molecule has 152 valence electrons. The molecule has 1 atom stereocenters. The van der Waals surface area contributed by atoms with Gasteiger partial charge in [-0.25, -0.2) is 4.98 Å². The van der Waals surface area contributed by atoms with Crippen molar-refractivity contribution in [1.29, 1.82) is 0 Å². The van der Waals surface area contributed by atoms with Crippen LogP contribution < -0.4 is 20.1 Å². The molecule has 0 aliphatic carbocycles. The summed E-state index contributed by atoms with van der Waals surface area (Å²) in [7, 11) is 3.17. The van der Waals surface area contributed by atoms with Crippen molar-refractivity contribution in [3.63, 3.8) is 0 Å². The Hall–Kier alpha value is -2.77. The van der Waals surface area contributed by atoms with Crippen molar-refractivity contribution in [2.45, 2.75) is 26.7 Å². The number of ether oxygens (including phenoxy) is 2. The molecule has 2 heterocycles. The zero-order valence-electron chi connectivity index (χ0n) is 17.1. The highest BCUT2D eigenvalue weighted by atomic mass is 16.5. The highest BCUT2D eigenvalue weighted by Gasteiger charge is 2.29. The minimum absolute atomic E-state index is 0.0421. The molecule has 3 rings (SSSR count). The first-order valence-electron chi connectivity index (χ1n) is 9.75. The zero-order chi connectivity index (χ0) is 20.3. The molecule has 1 aliphatic rings. The van der Waals surface area contributed by atoms with E-state index < -0.39 is 0 Å². The number of anilines is 2. The first kappa shape index (κ1) is 20.0. The fourth-order valence-corrected chi connectivity index (χ4v) is 3.76. The summed E-state index contributed by atoms with van der Waals surface area (Å²) in [5, 5.41) is 0.717. The number of hydrogen-bond acceptors (Lipinski definition) is 7. The van der Waals surface area contributed by atoms with Gasteiger partial charge < -0.3 is 25.0 Å². The number of nitrogens with zero attached hydrogens (tertiary/aromatic N) is 4. The standard InChI is InChI=1S/C20H29N5O3/c1-5-24(6-2)19(26)13-8-7-9-25(12-13)20-22-15-11-17(28-4)16(27-3)10-14(15)18(21)23-20/h10-11,13H,5-9,12H2,1-4H3,(H2,21,22,23). The van der Waals surface area contributed by atoms with Gasteiger partial charge in [0, 0.05) is 37.6 Å². The van der Waals surface area contributed by atoms with Crippen molar-refractivity contribution in [2.24, 2.45) is 5.92 Å². The Bertz CT molecular complexity index is 853. The monoisotopic (exact) mass is 387 g/mol. The molecule has 1 saturated heterocycles. The molecule has 1 amide bonds. The molecular weight excluding hydrogens is 358 g/mol. The van der Waals surface area contributed by atoms with Gasteiger partial charge in [-0.2, -0.15) is 4.98 Å². The second-order valence-corrected chi connectivity index (χ2v) is 6.93. The van der Waals surface area contributed by atoms with E-state index in [2.05, 4.69) is 9.88 Å². The van der Waals surface area contributed by atoms with Crippen LogP contribution in [0.25, 0.3) is 10.9 Å². The quantitative estimate of drug-likeness (QED) is 0.813. The lowest BCUT2D eigenvalue weighted by molar-refractivity contribution is -0.135. The summed E-state index contributed by atoms with van der Waals surface area (Å²) in [4.78, 5) is 25.9. The number of nitrogens with two attached hydrogens (primary N) is 1. The molecule has 1 aromatic heterocycles. The molecule has 8 nitrogen and oxygen atoms in total. The summed E-state index contributed by atoms with van der Waals surface area (Å²) >= 11 is 0. The summed E-state index contributed by atoms with van der Waals surface area (Å²) < 4.78 is 10.7. The SMILES string of the molecule is CCN(CC)C(=O)C1CCCN(c2nc(N)c3cc(OC)c(OC)cc3n2)C1. The van der Waals surface area contributed by atoms with Crippen LogP contribution in [-0.2, 0) is 4.79 Å². The van der Waals surface area contributed by atoms with Crippen LogP contribution >= 0.6 is 0 Å². The Balaban J connectivity index is 1.91. The van der Waals surface area contributed by atoms with Gasteiger partial charge in [-0.15, -0.1) is 0 Å². The number of methoxy groups -OCH3 is 2. The number of hydrogen-bond donors (Lipinski definition) is 1. The molecule has 2 aromatic rings. The highest BCUT2D eigenvalue weighted by Crippen LogP contribution is 2.34. The van der Waals surface area contributed by atoms with Gasteiger partial charge in [0.2, 0.25) is 11.9 Å². The van der Waals surface area contributed by atoms with Crippen LogP contribution in [-0.4, -0.2) is 61.2 Å². The third-order valence-corrected chi connectivity index (χ3v) is 5.35. The predicted molar refractivity (Wildman–Crippen MR) is 110 cm³/mol. The number of carbonyl (C=O) groups is 1. The number of aromatic nitrogens is 2. The largest absolute Gasteiger partial charge is 0.493 e. The Morgan fingerprint density at radius 1 is 1.21 bits per heavy atom. The summed E-state index contributed by atoms with van der Waals surface area (Å²) in [5.41, 5.74) is 6.91. The van der Waals surface area contributed by atoms with E-state index in [4.69, 9.17) is 20.2 Å². The van der Waals surface area contributed by atoms with Crippen LogP contribution in [0.4, 0.5) is 11.8 Å². The number of benzene rings is 1. The Kier molecular flexibility index (Phi) is 6.06. The van der Waals surface area contributed by atoms with Gasteiger partial charge in [0.1, 0.15) is 5.82 Å². The van der Waals surface area contributed by atoms with Gasteiger partial charge in [-0.1, -0.05) is 0 Å². The fraction of sp³-hybridized carbons (Fsp3) is 0.550. The van der Waals surface area contributed by atoms with Crippen molar-refractivity contribution >= 4 is 28.6 Å². The van der Waals surface area contributed by atoms with Crippen LogP contribution in [0, 0.1) is 5.92 Å². The molecular formula is C20H29N5O3. The van der Waals surface area contributed by atoms with Gasteiger partial charge in [0.15, 0.2) is 11.5 Å². The van der Waals surface area contributed by atoms with Gasteiger partial charge in [-0.3, -0.25) is 4.79 Å². The van der Waals surface area contributed by atoms with Crippen molar-refractivity contribution in [1.82, 2.24) is 14.9 Å². The molecule has 2 N–H and O–H groups in total. The average Bonchev–Trinajstić information content (AvgIpc) is 2.73. The molecule has 0 spiro atoms. The predicted octanol–water partition coefficient (Wildman–Crippen LogP) is 2.31. The molecule has 0 saturated carbocycles. The first-order chi connectivity index (χ1) is 13.5. The summed E-state index contributed by atoms with van der Waals surface area (Å²) in [6, 6.07) is 3.59. The van der Waals surface area contributed by atoms with E-state index in [1.807, 2.05) is 18.7 Å². The van der Waals surface area contributed by atoms with Crippen LogP contribution in [0.3, 0.4) is 0 Å². The van der Waals surface area contributed by atoms with E-state index in [0.29, 0.717) is 40.7 Å². The smallest absolute Gasteiger partial charge is 0.227 e. The molecule has 8 heteroatoms. The zero-order valence-corrected chi connectivity index (χ0v) is 17.1. The van der Waals surface area contributed by atoms with E-state index >= 15 is 0 Å². The molecule has 1 aromatic carbocycles. The summed E-state index contributed by atoms with van der Waals surface area (Å²) in [6.45, 7) is 6.89. The van der Waals surface area contributed by atoms with E-state index in [1.165, 1.54) is 0 Å². The molecule has 0 radical (unpaired) electrons. The second kappa shape index (κ2) is 8.50. The molecule has 1 unspecified atom stereocenters. The maximum atomic E-state index is 12.8. The van der Waals surface area contributed by atoms with E-state index in [9.17, 15) is 4.79 Å². The van der Waals surface area contributed by atoms with Crippen LogP contribution in [0.2, 0.25) is 0 Å². The lowest BCUT2D eigenvalue weighted by Gasteiger charge is -2.34. The van der Waals surface area contributed by atoms with Gasteiger partial charge in [0.05, 0.1) is 25.7 Å². The number of amides is 1. The van der Waals surface area contributed by atoms with E-state index in [-0.39, 0.29) is 11.8 Å². The fourth-order valence-electron chi connectivity index (χ4n) is 3.76. The van der Waals surface area contributed by atoms with Crippen LogP contribution in [0.1, 0.15) is 26.7 Å². The molecule has 28 heavy (non-hydrogen) atoms. The minimum Gasteiger partial charge on any atom is -0.493 e. The molecule has 0 bridgehead atoms. The third kappa shape index (κ3) is 3.76. The topological polar surface area (TPSA) is 93.8 Å². The van der Waals surface area contributed by atoms with E-state index in [0.717, 1.165) is 32.5 Å². The number of nitrogen functional groups attached to an aromatic ring is 1. The number of rotatable bonds is 6. The maximum Gasteiger partial charge on any atom is 0.227 e. The second-order valence-electron chi connectivity index (χ2n) is 6.93. The average molecular weight is 387 g/mol. The van der Waals surface area contributed by atoms with Crippen LogP contribution in [0.5, 0.6) is 11.5 Å². The Labute approximate surface area is 165 Å². The maximum absolute atomic E-state index is 12.8. The van der Waals surface area contributed by atoms with Crippen LogP contribution in [0.15, 0.2) is 12.1 Å². The number of carbonyl (C=O) groups excluding carboxylic acids is 1. The first-order valence-corrected chi connectivity index (χ1v) is 9.75. The number of fused-ring (bicyclic) bond motifs is 1. The van der Waals surface area contributed by atoms with E-state index in [1.54, 1.807) is 26.4 Å². The number of piperidine rings is 1. The normalized spacial score (nSPS) is 16.9. The summed E-state index contributed by atoms with van der Waals surface area (Å²) in [5.74, 6) is 2.27. The Morgan fingerprint density at radius 3 is 2.54 bits per heavy atom. The highest BCUT2D eigenvalue weighted by molar-refractivity contribution is 5.91. The lowest BCUT2D eigenvalue weighted by Crippen LogP contribution is -2.45. The third-order valence-electron chi connectivity index (χ3n) is 5.35.